The summed E-state index contributed by atoms with van der Waals surface area (Å²) in [4.78, 5) is 54.9. The lowest BCUT2D eigenvalue weighted by Crippen LogP contribution is -2.57. The molecule has 3 amide bonds. The first-order valence-corrected chi connectivity index (χ1v) is 12.3. The molecule has 8 N–H and O–H groups in total. The first-order chi connectivity index (χ1) is 18.1. The average molecular weight is 525 g/mol. The molecular formula is C26H36N8O4. The number of hydrogen-bond donors (Lipinski definition) is 5. The predicted octanol–water partition coefficient (Wildman–Crippen LogP) is 0.950. The number of rotatable bonds is 14. The van der Waals surface area contributed by atoms with Gasteiger partial charge >= 0.3 is 0 Å². The third-order valence-corrected chi connectivity index (χ3v) is 5.73. The summed E-state index contributed by atoms with van der Waals surface area (Å²) < 4.78 is 0. The lowest BCUT2D eigenvalue weighted by Gasteiger charge is -2.27. The molecular weight excluding hydrogens is 488 g/mol. The van der Waals surface area contributed by atoms with Crippen molar-refractivity contribution in [2.24, 2.45) is 33.4 Å². The molecule has 38 heavy (non-hydrogen) atoms. The van der Waals surface area contributed by atoms with E-state index in [-0.39, 0.29) is 30.5 Å². The third-order valence-electron chi connectivity index (χ3n) is 5.73. The molecule has 2 aromatic carbocycles. The van der Waals surface area contributed by atoms with Crippen LogP contribution in [-0.4, -0.2) is 48.4 Å². The molecule has 12 nitrogen and oxygen atoms in total. The van der Waals surface area contributed by atoms with Crippen LogP contribution in [0, 0.1) is 10.8 Å². The molecule has 0 aromatic heterocycles. The standard InChI is InChI=1S/C26H36N8O4/c1-17(2)22(32-23(35)20(27)16-18-10-5-3-6-11-18)24(36)31-21(14-9-15-30-26(28)29)25(37)34(33-38)19-12-7-4-8-13-19/h3-8,10-13,17,20-22H,9,14-16,27H2,1-2H3,(H,31,36)(H,32,35)(H4,28,29,30)/t20-,21-,22-/m0/s1. The van der Waals surface area contributed by atoms with Crippen molar-refractivity contribution >= 4 is 29.4 Å². The highest BCUT2D eigenvalue weighted by atomic mass is 16.3. The number of nitroso groups, excluding NO2 is 1. The number of hydrogen-bond acceptors (Lipinski definition) is 7. The van der Waals surface area contributed by atoms with E-state index in [9.17, 15) is 19.3 Å². The van der Waals surface area contributed by atoms with E-state index in [1.807, 2.05) is 30.3 Å². The van der Waals surface area contributed by atoms with Gasteiger partial charge in [0.05, 0.1) is 17.0 Å². The number of nitrogens with two attached hydrogens (primary N) is 3. The Morgan fingerprint density at radius 2 is 1.53 bits per heavy atom. The Morgan fingerprint density at radius 1 is 0.921 bits per heavy atom. The molecule has 0 unspecified atom stereocenters. The van der Waals surface area contributed by atoms with E-state index in [2.05, 4.69) is 20.9 Å². The smallest absolute Gasteiger partial charge is 0.272 e. The fourth-order valence-corrected chi connectivity index (χ4v) is 3.71. The van der Waals surface area contributed by atoms with Crippen molar-refractivity contribution in [3.63, 3.8) is 0 Å². The molecule has 12 heteroatoms. The van der Waals surface area contributed by atoms with Crippen molar-refractivity contribution in [3.8, 4) is 0 Å². The van der Waals surface area contributed by atoms with Crippen LogP contribution in [0.3, 0.4) is 0 Å². The van der Waals surface area contributed by atoms with E-state index >= 15 is 0 Å². The molecule has 0 spiro atoms. The fraction of sp³-hybridized carbons (Fsp3) is 0.385. The lowest BCUT2D eigenvalue weighted by atomic mass is 10.0. The maximum atomic E-state index is 13.3. The quantitative estimate of drug-likeness (QED) is 0.0796. The number of nitrogens with one attached hydrogen (secondary N) is 2. The summed E-state index contributed by atoms with van der Waals surface area (Å²) >= 11 is 0. The van der Waals surface area contributed by atoms with Gasteiger partial charge in [-0.1, -0.05) is 62.4 Å². The number of aliphatic imine (C=N–C) groups is 1. The maximum absolute atomic E-state index is 13.3. The van der Waals surface area contributed by atoms with Crippen LogP contribution in [0.2, 0.25) is 0 Å². The number of nitrogens with zero attached hydrogens (tertiary/aromatic N) is 3. The second kappa shape index (κ2) is 15.1. The summed E-state index contributed by atoms with van der Waals surface area (Å²) in [6.45, 7) is 3.72. The summed E-state index contributed by atoms with van der Waals surface area (Å²) in [7, 11) is 0. The molecule has 2 rings (SSSR count). The molecule has 0 aliphatic carbocycles. The first-order valence-electron chi connectivity index (χ1n) is 12.3. The Bertz CT molecular complexity index is 1090. The van der Waals surface area contributed by atoms with Gasteiger partial charge in [0.25, 0.3) is 5.91 Å². The van der Waals surface area contributed by atoms with Crippen LogP contribution in [-0.2, 0) is 20.8 Å². The maximum Gasteiger partial charge on any atom is 0.272 e. The number of carbonyl (C=O) groups excluding carboxylic acids is 3. The van der Waals surface area contributed by atoms with Gasteiger partial charge in [0.15, 0.2) is 5.96 Å². The number of guanidine groups is 1. The van der Waals surface area contributed by atoms with Crippen molar-refractivity contribution in [3.05, 3.63) is 71.1 Å². The summed E-state index contributed by atoms with van der Waals surface area (Å²) in [5.41, 5.74) is 17.9. The van der Waals surface area contributed by atoms with E-state index in [1.54, 1.807) is 44.2 Å². The van der Waals surface area contributed by atoms with Crippen LogP contribution in [0.5, 0.6) is 0 Å². The van der Waals surface area contributed by atoms with Gasteiger partial charge in [0.2, 0.25) is 11.8 Å². The SMILES string of the molecule is CC(C)[C@H](NC(=O)[C@@H](N)Cc1ccccc1)C(=O)N[C@@H](CCCN=C(N)N)C(=O)N(N=O)c1ccccc1. The monoisotopic (exact) mass is 524 g/mol. The lowest BCUT2D eigenvalue weighted by molar-refractivity contribution is -0.132. The number of carbonyl (C=O) groups is 3. The van der Waals surface area contributed by atoms with Crippen LogP contribution < -0.4 is 32.8 Å². The molecule has 0 aliphatic rings. The Labute approximate surface area is 222 Å². The Morgan fingerprint density at radius 3 is 2.08 bits per heavy atom. The van der Waals surface area contributed by atoms with Gasteiger partial charge in [0.1, 0.15) is 12.1 Å². The zero-order valence-corrected chi connectivity index (χ0v) is 21.6. The Balaban J connectivity index is 2.17. The second-order valence-corrected chi connectivity index (χ2v) is 9.10. The van der Waals surface area contributed by atoms with E-state index < -0.39 is 35.8 Å². The molecule has 3 atom stereocenters. The van der Waals surface area contributed by atoms with Gasteiger partial charge in [-0.3, -0.25) is 19.4 Å². The molecule has 0 aliphatic heterocycles. The van der Waals surface area contributed by atoms with Crippen LogP contribution in [0.25, 0.3) is 0 Å². The van der Waals surface area contributed by atoms with Crippen molar-refractivity contribution in [2.45, 2.75) is 51.2 Å². The summed E-state index contributed by atoms with van der Waals surface area (Å²) in [5, 5.41) is 8.91. The highest BCUT2D eigenvalue weighted by molar-refractivity contribution is 5.99. The summed E-state index contributed by atoms with van der Waals surface area (Å²) in [6.07, 6.45) is 0.741. The summed E-state index contributed by atoms with van der Waals surface area (Å²) in [5.74, 6) is -2.27. The number of amides is 3. The Hall–Kier alpha value is -4.32. The normalized spacial score (nSPS) is 13.1. The number of anilines is 1. The van der Waals surface area contributed by atoms with Crippen molar-refractivity contribution in [2.75, 3.05) is 11.6 Å². The average Bonchev–Trinajstić information content (AvgIpc) is 2.89. The van der Waals surface area contributed by atoms with E-state index in [4.69, 9.17) is 17.2 Å². The largest absolute Gasteiger partial charge is 0.370 e. The minimum Gasteiger partial charge on any atom is -0.370 e. The van der Waals surface area contributed by atoms with Crippen LogP contribution in [0.1, 0.15) is 32.3 Å². The van der Waals surface area contributed by atoms with Crippen LogP contribution in [0.15, 0.2) is 70.9 Å². The number of benzene rings is 2. The second-order valence-electron chi connectivity index (χ2n) is 9.10. The fourth-order valence-electron chi connectivity index (χ4n) is 3.71. The van der Waals surface area contributed by atoms with E-state index in [0.717, 1.165) is 5.56 Å². The van der Waals surface area contributed by atoms with Gasteiger partial charge in [-0.15, -0.1) is 4.91 Å². The Kier molecular flexibility index (Phi) is 11.8. The van der Waals surface area contributed by atoms with Gasteiger partial charge in [0, 0.05) is 6.54 Å². The highest BCUT2D eigenvalue weighted by Crippen LogP contribution is 2.17. The minimum atomic E-state index is -1.13. The van der Waals surface area contributed by atoms with Crippen molar-refractivity contribution in [1.29, 1.82) is 0 Å². The van der Waals surface area contributed by atoms with Gasteiger partial charge in [-0.05, 0) is 42.9 Å². The summed E-state index contributed by atoms with van der Waals surface area (Å²) in [6, 6.07) is 14.4. The van der Waals surface area contributed by atoms with E-state index in [0.29, 0.717) is 17.9 Å². The topological polar surface area (TPSA) is 198 Å². The molecule has 0 heterocycles. The predicted molar refractivity (Wildman–Crippen MR) is 146 cm³/mol. The van der Waals surface area contributed by atoms with E-state index in [1.165, 1.54) is 0 Å². The third kappa shape index (κ3) is 9.28. The molecule has 0 radical (unpaired) electrons. The van der Waals surface area contributed by atoms with Crippen molar-refractivity contribution < 1.29 is 14.4 Å². The number of para-hydroxylation sites is 1. The molecule has 0 bridgehead atoms. The highest BCUT2D eigenvalue weighted by Gasteiger charge is 2.32. The molecule has 0 saturated heterocycles. The minimum absolute atomic E-state index is 0.105. The molecule has 0 fully saturated rings. The van der Waals surface area contributed by atoms with Gasteiger partial charge in [-0.2, -0.15) is 5.01 Å². The van der Waals surface area contributed by atoms with Gasteiger partial charge in [-0.25, -0.2) is 0 Å². The first kappa shape index (κ1) is 29.9. The van der Waals surface area contributed by atoms with Gasteiger partial charge < -0.3 is 27.8 Å². The zero-order valence-electron chi connectivity index (χ0n) is 21.6. The van der Waals surface area contributed by atoms with Crippen LogP contribution in [0.4, 0.5) is 5.69 Å². The zero-order chi connectivity index (χ0) is 28.1. The van der Waals surface area contributed by atoms with Crippen LogP contribution >= 0.6 is 0 Å². The van der Waals surface area contributed by atoms with Crippen molar-refractivity contribution in [1.82, 2.24) is 10.6 Å². The molecule has 0 saturated carbocycles. The molecule has 2 aromatic rings. The molecule has 204 valence electrons.